The minimum atomic E-state index is -0.985. The molecule has 0 fully saturated rings. The van der Waals surface area contributed by atoms with Gasteiger partial charge in [0.05, 0.1) is 23.2 Å². The zero-order valence-corrected chi connectivity index (χ0v) is 20.0. The van der Waals surface area contributed by atoms with Crippen LogP contribution < -0.4 is 5.73 Å². The van der Waals surface area contributed by atoms with E-state index in [1.165, 1.54) is 6.21 Å². The van der Waals surface area contributed by atoms with Crippen molar-refractivity contribution in [1.29, 1.82) is 10.7 Å². The maximum absolute atomic E-state index is 11.5. The third-order valence-corrected chi connectivity index (χ3v) is 6.62. The largest absolute Gasteiger partial charge is 0.478 e. The lowest BCUT2D eigenvalue weighted by molar-refractivity contribution is 0.0697. The summed E-state index contributed by atoms with van der Waals surface area (Å²) in [5, 5.41) is 27.9. The number of nitriles is 1. The molecule has 0 radical (unpaired) electrons. The van der Waals surface area contributed by atoms with E-state index in [1.807, 2.05) is 42.5 Å². The van der Waals surface area contributed by atoms with Crippen LogP contribution in [-0.2, 0) is 5.41 Å². The Morgan fingerprint density at radius 1 is 1.17 bits per heavy atom. The molecule has 1 aromatic heterocycles. The predicted molar refractivity (Wildman–Crippen MR) is 140 cm³/mol. The topological polar surface area (TPSA) is 116 Å². The van der Waals surface area contributed by atoms with E-state index in [-0.39, 0.29) is 18.0 Å². The minimum absolute atomic E-state index is 0.0686. The predicted octanol–water partition coefficient (Wildman–Crippen LogP) is 6.39. The van der Waals surface area contributed by atoms with Crippen molar-refractivity contribution in [3.05, 3.63) is 89.1 Å². The maximum Gasteiger partial charge on any atom is 0.335 e. The van der Waals surface area contributed by atoms with E-state index in [9.17, 15) is 15.2 Å². The number of anilines is 1. The smallest absolute Gasteiger partial charge is 0.335 e. The van der Waals surface area contributed by atoms with Gasteiger partial charge in [-0.15, -0.1) is 0 Å². The van der Waals surface area contributed by atoms with Crippen molar-refractivity contribution in [1.82, 2.24) is 4.57 Å². The Hall–Kier alpha value is -4.37. The maximum atomic E-state index is 11.5. The summed E-state index contributed by atoms with van der Waals surface area (Å²) in [6, 6.07) is 23.0. The van der Waals surface area contributed by atoms with E-state index < -0.39 is 11.4 Å². The third-order valence-electron chi connectivity index (χ3n) is 6.62. The normalized spacial score (nSPS) is 12.3. The molecule has 6 nitrogen and oxygen atoms in total. The second-order valence-electron chi connectivity index (χ2n) is 9.42. The molecule has 1 atom stereocenters. The number of nitrogens with two attached hydrogens (primary N) is 1. The quantitative estimate of drug-likeness (QED) is 0.217. The number of carboxylic acids is 1. The Balaban J connectivity index is 2.16. The van der Waals surface area contributed by atoms with E-state index in [2.05, 4.69) is 43.5 Å². The summed E-state index contributed by atoms with van der Waals surface area (Å²) < 4.78 is 2.24. The number of aromatic nitrogens is 1. The molecule has 1 heterocycles. The van der Waals surface area contributed by atoms with Gasteiger partial charge in [0, 0.05) is 45.9 Å². The first-order valence-corrected chi connectivity index (χ1v) is 11.4. The Morgan fingerprint density at radius 2 is 1.83 bits per heavy atom. The summed E-state index contributed by atoms with van der Waals surface area (Å²) in [5.41, 5.74) is 11.9. The number of hydrogen-bond acceptors (Lipinski definition) is 4. The van der Waals surface area contributed by atoms with Gasteiger partial charge in [-0.2, -0.15) is 5.26 Å². The van der Waals surface area contributed by atoms with E-state index in [0.29, 0.717) is 11.3 Å². The zero-order valence-electron chi connectivity index (χ0n) is 20.0. The van der Waals surface area contributed by atoms with Crippen LogP contribution in [0.4, 0.5) is 5.69 Å². The van der Waals surface area contributed by atoms with Gasteiger partial charge in [-0.05, 0) is 42.3 Å². The number of nitrogens with one attached hydrogen (secondary N) is 1. The van der Waals surface area contributed by atoms with Gasteiger partial charge in [-0.1, -0.05) is 56.3 Å². The molecule has 0 saturated carbocycles. The Labute approximate surface area is 204 Å². The molecule has 4 N–H and O–H groups in total. The van der Waals surface area contributed by atoms with Gasteiger partial charge in [-0.3, -0.25) is 0 Å². The fourth-order valence-electron chi connectivity index (χ4n) is 4.81. The standard InChI is InChI=1S/C29H28N4O2/c1-18(19-7-5-4-6-8-19)33-25-15-22(17-31)24(32)16-23(25)26(27(33)29(2,3)13-14-30)20-9-11-21(12-10-20)28(34)35/h4-12,15-18,31H,13,32H2,1-3H3,(H,34,35). The molecule has 0 aliphatic rings. The Kier molecular flexibility index (Phi) is 6.19. The number of hydrogen-bond donors (Lipinski definition) is 3. The van der Waals surface area contributed by atoms with Crippen molar-refractivity contribution in [2.24, 2.45) is 0 Å². The summed E-state index contributed by atoms with van der Waals surface area (Å²) in [5.74, 6) is -0.985. The third kappa shape index (κ3) is 4.17. The van der Waals surface area contributed by atoms with Crippen LogP contribution in [0, 0.1) is 16.7 Å². The molecule has 0 amide bonds. The average molecular weight is 465 g/mol. The van der Waals surface area contributed by atoms with Gasteiger partial charge < -0.3 is 20.8 Å². The highest BCUT2D eigenvalue weighted by molar-refractivity contribution is 6.04. The molecule has 176 valence electrons. The van der Waals surface area contributed by atoms with E-state index >= 15 is 0 Å². The van der Waals surface area contributed by atoms with Gasteiger partial charge in [-0.25, -0.2) is 4.79 Å². The van der Waals surface area contributed by atoms with Crippen LogP contribution in [0.3, 0.4) is 0 Å². The molecule has 0 spiro atoms. The number of nitrogen functional groups attached to an aromatic ring is 1. The van der Waals surface area contributed by atoms with Crippen molar-refractivity contribution >= 4 is 28.8 Å². The number of fused-ring (bicyclic) bond motifs is 1. The first-order valence-electron chi connectivity index (χ1n) is 11.4. The SMILES string of the molecule is CC(c1ccccc1)n1c(C(C)(C)CC#N)c(-c2ccc(C(=O)O)cc2)c2cc(N)c(C=N)cc21. The minimum Gasteiger partial charge on any atom is -0.478 e. The molecule has 4 rings (SSSR count). The lowest BCUT2D eigenvalue weighted by Gasteiger charge is -2.29. The molecule has 0 bridgehead atoms. The number of carbonyl (C=O) groups is 1. The van der Waals surface area contributed by atoms with Gasteiger partial charge in [0.15, 0.2) is 0 Å². The first kappa shape index (κ1) is 23.8. The van der Waals surface area contributed by atoms with Gasteiger partial charge in [0.25, 0.3) is 0 Å². The van der Waals surface area contributed by atoms with Crippen LogP contribution in [0.25, 0.3) is 22.0 Å². The Bertz CT molecular complexity index is 1460. The van der Waals surface area contributed by atoms with Crippen molar-refractivity contribution in [2.75, 3.05) is 5.73 Å². The van der Waals surface area contributed by atoms with Crippen LogP contribution in [0.2, 0.25) is 0 Å². The van der Waals surface area contributed by atoms with Crippen molar-refractivity contribution < 1.29 is 9.90 Å². The highest BCUT2D eigenvalue weighted by Gasteiger charge is 2.33. The highest BCUT2D eigenvalue weighted by atomic mass is 16.4. The Morgan fingerprint density at radius 3 is 2.40 bits per heavy atom. The van der Waals surface area contributed by atoms with Crippen molar-refractivity contribution in [3.63, 3.8) is 0 Å². The van der Waals surface area contributed by atoms with Gasteiger partial charge in [0.2, 0.25) is 0 Å². The number of nitrogens with zero attached hydrogens (tertiary/aromatic N) is 2. The molecule has 6 heteroatoms. The molecule has 35 heavy (non-hydrogen) atoms. The number of benzene rings is 3. The second-order valence-corrected chi connectivity index (χ2v) is 9.42. The molecule has 0 saturated heterocycles. The fraction of sp³-hybridized carbons (Fsp3) is 0.207. The highest BCUT2D eigenvalue weighted by Crippen LogP contribution is 2.46. The van der Waals surface area contributed by atoms with Crippen LogP contribution in [-0.4, -0.2) is 21.9 Å². The monoisotopic (exact) mass is 464 g/mol. The fourth-order valence-corrected chi connectivity index (χ4v) is 4.81. The van der Waals surface area contributed by atoms with Crippen molar-refractivity contribution in [3.8, 4) is 17.2 Å². The number of rotatable bonds is 7. The molecule has 0 aliphatic carbocycles. The molecule has 4 aromatic rings. The molecular formula is C29H28N4O2. The summed E-state index contributed by atoms with van der Waals surface area (Å²) in [7, 11) is 0. The van der Waals surface area contributed by atoms with Crippen LogP contribution in [0.5, 0.6) is 0 Å². The van der Waals surface area contributed by atoms with Crippen molar-refractivity contribution in [2.45, 2.75) is 38.6 Å². The lowest BCUT2D eigenvalue weighted by atomic mass is 9.81. The molecular weight excluding hydrogens is 436 g/mol. The van der Waals surface area contributed by atoms with Crippen LogP contribution in [0.1, 0.15) is 60.4 Å². The van der Waals surface area contributed by atoms with Gasteiger partial charge in [0.1, 0.15) is 0 Å². The molecule has 1 unspecified atom stereocenters. The summed E-state index contributed by atoms with van der Waals surface area (Å²) >= 11 is 0. The summed E-state index contributed by atoms with van der Waals surface area (Å²) in [6.07, 6.45) is 1.54. The average Bonchev–Trinajstić information content (AvgIpc) is 3.18. The lowest BCUT2D eigenvalue weighted by Crippen LogP contribution is -2.24. The summed E-state index contributed by atoms with van der Waals surface area (Å²) in [6.45, 7) is 6.22. The van der Waals surface area contributed by atoms with E-state index in [4.69, 9.17) is 11.1 Å². The first-order chi connectivity index (χ1) is 16.7. The van der Waals surface area contributed by atoms with Gasteiger partial charge >= 0.3 is 5.97 Å². The number of carboxylic acid groups (broad SMARTS) is 1. The zero-order chi connectivity index (χ0) is 25.3. The molecule has 0 aliphatic heterocycles. The van der Waals surface area contributed by atoms with Crippen LogP contribution >= 0.6 is 0 Å². The number of aromatic carboxylic acids is 1. The van der Waals surface area contributed by atoms with Crippen LogP contribution in [0.15, 0.2) is 66.7 Å². The van der Waals surface area contributed by atoms with E-state index in [0.717, 1.165) is 33.3 Å². The summed E-state index contributed by atoms with van der Waals surface area (Å²) in [4.78, 5) is 11.5. The molecule has 3 aromatic carbocycles. The van der Waals surface area contributed by atoms with E-state index in [1.54, 1.807) is 12.1 Å². The second kappa shape index (κ2) is 9.11.